The number of oxazole rings is 1. The number of aromatic nitrogens is 1. The predicted octanol–water partition coefficient (Wildman–Crippen LogP) is 3.94. The van der Waals surface area contributed by atoms with Crippen LogP contribution in [0.4, 0.5) is 8.78 Å². The van der Waals surface area contributed by atoms with E-state index in [1.54, 1.807) is 26.0 Å². The topological polar surface area (TPSA) is 68.3 Å². The molecular formula is C18H16F2N2O3. The number of halogens is 2. The number of carbonyl (C=O) groups is 1. The van der Waals surface area contributed by atoms with Gasteiger partial charge in [-0.2, -0.15) is 0 Å². The predicted molar refractivity (Wildman–Crippen MR) is 85.6 cm³/mol. The molecule has 0 fully saturated rings. The zero-order chi connectivity index (χ0) is 18.0. The van der Waals surface area contributed by atoms with E-state index < -0.39 is 17.7 Å². The Kier molecular flexibility index (Phi) is 4.65. The van der Waals surface area contributed by atoms with Crippen LogP contribution in [0.5, 0.6) is 0 Å². The molecule has 1 N–H and O–H groups in total. The lowest BCUT2D eigenvalue weighted by Crippen LogP contribution is -2.28. The lowest BCUT2D eigenvalue weighted by Gasteiger charge is -2.14. The molecule has 0 aliphatic rings. The zero-order valence-electron chi connectivity index (χ0n) is 13.7. The van der Waals surface area contributed by atoms with Gasteiger partial charge < -0.3 is 14.2 Å². The first kappa shape index (κ1) is 16.9. The molecule has 1 aromatic carbocycles. The summed E-state index contributed by atoms with van der Waals surface area (Å²) >= 11 is 0. The minimum atomic E-state index is -0.950. The van der Waals surface area contributed by atoms with Gasteiger partial charge in [0.2, 0.25) is 5.91 Å². The zero-order valence-corrected chi connectivity index (χ0v) is 13.7. The van der Waals surface area contributed by atoms with Crippen LogP contribution in [0.25, 0.3) is 11.7 Å². The Labute approximate surface area is 142 Å². The first-order chi connectivity index (χ1) is 11.9. The summed E-state index contributed by atoms with van der Waals surface area (Å²) in [4.78, 5) is 16.5. The van der Waals surface area contributed by atoms with Crippen LogP contribution in [0.2, 0.25) is 0 Å². The van der Waals surface area contributed by atoms with Crippen molar-refractivity contribution in [1.29, 1.82) is 0 Å². The number of amides is 1. The van der Waals surface area contributed by atoms with Crippen LogP contribution < -0.4 is 5.32 Å². The SMILES string of the molecule is Cc1oc(-c2ccco2)nc1CC(=O)NC(C)c1ccc(F)c(F)c1. The van der Waals surface area contributed by atoms with Gasteiger partial charge in [-0.15, -0.1) is 0 Å². The molecule has 0 spiro atoms. The highest BCUT2D eigenvalue weighted by atomic mass is 19.2. The Bertz CT molecular complexity index is 888. The molecule has 0 saturated carbocycles. The molecule has 2 heterocycles. The maximum atomic E-state index is 13.3. The van der Waals surface area contributed by atoms with Gasteiger partial charge in [0.1, 0.15) is 5.76 Å². The molecule has 5 nitrogen and oxygen atoms in total. The highest BCUT2D eigenvalue weighted by Gasteiger charge is 2.18. The van der Waals surface area contributed by atoms with Crippen molar-refractivity contribution in [3.8, 4) is 11.7 Å². The van der Waals surface area contributed by atoms with Crippen molar-refractivity contribution in [3.05, 3.63) is 65.2 Å². The fourth-order valence-electron chi connectivity index (χ4n) is 2.41. The van der Waals surface area contributed by atoms with Gasteiger partial charge in [-0.05, 0) is 43.7 Å². The van der Waals surface area contributed by atoms with Gasteiger partial charge >= 0.3 is 0 Å². The second kappa shape index (κ2) is 6.88. The van der Waals surface area contributed by atoms with Gasteiger partial charge in [0, 0.05) is 0 Å². The van der Waals surface area contributed by atoms with Gasteiger partial charge in [-0.25, -0.2) is 13.8 Å². The molecule has 1 amide bonds. The number of nitrogens with zero attached hydrogens (tertiary/aromatic N) is 1. The second-order valence-corrected chi connectivity index (χ2v) is 5.64. The Morgan fingerprint density at radius 3 is 2.76 bits per heavy atom. The molecule has 0 aliphatic heterocycles. The average molecular weight is 346 g/mol. The van der Waals surface area contributed by atoms with Crippen molar-refractivity contribution in [2.75, 3.05) is 0 Å². The molecule has 1 unspecified atom stereocenters. The van der Waals surface area contributed by atoms with E-state index in [0.29, 0.717) is 28.7 Å². The molecule has 3 rings (SSSR count). The largest absolute Gasteiger partial charge is 0.459 e. The van der Waals surface area contributed by atoms with Crippen LogP contribution in [0.15, 0.2) is 45.4 Å². The van der Waals surface area contributed by atoms with Crippen LogP contribution in [0.3, 0.4) is 0 Å². The van der Waals surface area contributed by atoms with Crippen LogP contribution >= 0.6 is 0 Å². The number of rotatable bonds is 5. The summed E-state index contributed by atoms with van der Waals surface area (Å²) < 4.78 is 37.0. The lowest BCUT2D eigenvalue weighted by molar-refractivity contribution is -0.121. The van der Waals surface area contributed by atoms with E-state index in [0.717, 1.165) is 12.1 Å². The standard InChI is InChI=1S/C18H16F2N2O3/c1-10(12-5-6-13(19)14(20)8-12)21-17(23)9-15-11(2)25-18(22-15)16-4-3-7-24-16/h3-8,10H,9H2,1-2H3,(H,21,23). The first-order valence-electron chi connectivity index (χ1n) is 7.68. The minimum Gasteiger partial charge on any atom is -0.459 e. The quantitative estimate of drug-likeness (QED) is 0.760. The molecule has 3 aromatic rings. The summed E-state index contributed by atoms with van der Waals surface area (Å²) in [6.07, 6.45) is 1.51. The lowest BCUT2D eigenvalue weighted by atomic mass is 10.1. The van der Waals surface area contributed by atoms with Crippen LogP contribution in [-0.4, -0.2) is 10.9 Å². The van der Waals surface area contributed by atoms with E-state index >= 15 is 0 Å². The van der Waals surface area contributed by atoms with Crippen LogP contribution in [0.1, 0.15) is 30.0 Å². The van der Waals surface area contributed by atoms with Crippen molar-refractivity contribution in [3.63, 3.8) is 0 Å². The van der Waals surface area contributed by atoms with Gasteiger partial charge in [-0.1, -0.05) is 6.07 Å². The highest BCUT2D eigenvalue weighted by molar-refractivity contribution is 5.78. The van der Waals surface area contributed by atoms with E-state index in [9.17, 15) is 13.6 Å². The van der Waals surface area contributed by atoms with E-state index in [1.165, 1.54) is 12.3 Å². The normalized spacial score (nSPS) is 12.2. The number of hydrogen-bond donors (Lipinski definition) is 1. The molecule has 0 radical (unpaired) electrons. The monoisotopic (exact) mass is 346 g/mol. The van der Waals surface area contributed by atoms with Crippen molar-refractivity contribution in [2.24, 2.45) is 0 Å². The van der Waals surface area contributed by atoms with E-state index in [4.69, 9.17) is 8.83 Å². The molecular weight excluding hydrogens is 330 g/mol. The molecule has 7 heteroatoms. The third-order valence-corrected chi connectivity index (χ3v) is 3.77. The minimum absolute atomic E-state index is 0.00403. The number of furan rings is 1. The Morgan fingerprint density at radius 2 is 2.08 bits per heavy atom. The van der Waals surface area contributed by atoms with Crippen molar-refractivity contribution in [1.82, 2.24) is 10.3 Å². The molecule has 1 atom stereocenters. The third-order valence-electron chi connectivity index (χ3n) is 3.77. The summed E-state index contributed by atoms with van der Waals surface area (Å²) in [5.41, 5.74) is 0.960. The van der Waals surface area contributed by atoms with E-state index in [2.05, 4.69) is 10.3 Å². The van der Waals surface area contributed by atoms with E-state index in [1.807, 2.05) is 0 Å². The number of nitrogens with one attached hydrogen (secondary N) is 1. The molecule has 2 aromatic heterocycles. The molecule has 25 heavy (non-hydrogen) atoms. The maximum Gasteiger partial charge on any atom is 0.263 e. The smallest absolute Gasteiger partial charge is 0.263 e. The van der Waals surface area contributed by atoms with Crippen molar-refractivity contribution < 1.29 is 22.4 Å². The Hall–Kier alpha value is -2.96. The summed E-state index contributed by atoms with van der Waals surface area (Å²) in [6, 6.07) is 6.48. The average Bonchev–Trinajstić information content (AvgIpc) is 3.20. The molecule has 0 aliphatic carbocycles. The number of aryl methyl sites for hydroxylation is 1. The first-order valence-corrected chi connectivity index (χ1v) is 7.68. The van der Waals surface area contributed by atoms with Crippen LogP contribution in [-0.2, 0) is 11.2 Å². The van der Waals surface area contributed by atoms with Gasteiger partial charge in [0.25, 0.3) is 5.89 Å². The number of carbonyl (C=O) groups excluding carboxylic acids is 1. The van der Waals surface area contributed by atoms with Crippen molar-refractivity contribution in [2.45, 2.75) is 26.3 Å². The fourth-order valence-corrected chi connectivity index (χ4v) is 2.41. The highest BCUT2D eigenvalue weighted by Crippen LogP contribution is 2.22. The van der Waals surface area contributed by atoms with Crippen LogP contribution in [0, 0.1) is 18.6 Å². The second-order valence-electron chi connectivity index (χ2n) is 5.64. The van der Waals surface area contributed by atoms with Gasteiger partial charge in [0.15, 0.2) is 17.4 Å². The van der Waals surface area contributed by atoms with Gasteiger partial charge in [0.05, 0.1) is 24.4 Å². The Balaban J connectivity index is 1.67. The third kappa shape index (κ3) is 3.76. The van der Waals surface area contributed by atoms with Gasteiger partial charge in [-0.3, -0.25) is 4.79 Å². The Morgan fingerprint density at radius 1 is 1.28 bits per heavy atom. The fraction of sp³-hybridized carbons (Fsp3) is 0.222. The summed E-state index contributed by atoms with van der Waals surface area (Å²) in [7, 11) is 0. The number of benzene rings is 1. The van der Waals surface area contributed by atoms with Crippen molar-refractivity contribution >= 4 is 5.91 Å². The molecule has 0 bridgehead atoms. The summed E-state index contributed by atoms with van der Waals surface area (Å²) in [5, 5.41) is 2.73. The van der Waals surface area contributed by atoms with E-state index in [-0.39, 0.29) is 12.3 Å². The summed E-state index contributed by atoms with van der Waals surface area (Å²) in [5.74, 6) is -0.884. The maximum absolute atomic E-state index is 13.3. The molecule has 130 valence electrons. The summed E-state index contributed by atoms with van der Waals surface area (Å²) in [6.45, 7) is 3.40. The number of hydrogen-bond acceptors (Lipinski definition) is 4. The molecule has 0 saturated heterocycles.